The summed E-state index contributed by atoms with van der Waals surface area (Å²) in [6, 6.07) is 4.78. The predicted molar refractivity (Wildman–Crippen MR) is 63.9 cm³/mol. The minimum atomic E-state index is -0.193. The van der Waals surface area contributed by atoms with Crippen molar-refractivity contribution >= 4 is 11.6 Å². The van der Waals surface area contributed by atoms with Crippen molar-refractivity contribution in [3.05, 3.63) is 34.6 Å². The summed E-state index contributed by atoms with van der Waals surface area (Å²) < 4.78 is 13.8. The van der Waals surface area contributed by atoms with Gasteiger partial charge in [0.05, 0.1) is 0 Å². The maximum atomic E-state index is 13.8. The zero-order valence-electron chi connectivity index (χ0n) is 9.29. The second kappa shape index (κ2) is 4.70. The van der Waals surface area contributed by atoms with Crippen molar-refractivity contribution in [3.63, 3.8) is 0 Å². The number of halogens is 2. The summed E-state index contributed by atoms with van der Waals surface area (Å²) in [6.45, 7) is 1.54. The molecule has 4 heteroatoms. The Morgan fingerprint density at radius 2 is 2.31 bits per heavy atom. The molecule has 1 fully saturated rings. The van der Waals surface area contributed by atoms with Crippen molar-refractivity contribution in [2.24, 2.45) is 11.7 Å². The highest BCUT2D eigenvalue weighted by molar-refractivity contribution is 6.30. The Kier molecular flexibility index (Phi) is 3.47. The van der Waals surface area contributed by atoms with E-state index in [9.17, 15) is 4.39 Å². The first-order chi connectivity index (χ1) is 7.63. The number of benzene rings is 1. The van der Waals surface area contributed by atoms with Crippen LogP contribution in [0.2, 0.25) is 5.02 Å². The third-order valence-electron chi connectivity index (χ3n) is 3.35. The van der Waals surface area contributed by atoms with Gasteiger partial charge >= 0.3 is 0 Å². The Morgan fingerprint density at radius 3 is 3.00 bits per heavy atom. The SMILES string of the molecule is CN1CCC(CN)C1c1cc(Cl)ccc1F. The lowest BCUT2D eigenvalue weighted by atomic mass is 9.93. The van der Waals surface area contributed by atoms with Gasteiger partial charge in [-0.1, -0.05) is 11.6 Å². The van der Waals surface area contributed by atoms with Crippen molar-refractivity contribution in [1.82, 2.24) is 4.90 Å². The first-order valence-corrected chi connectivity index (χ1v) is 5.86. The van der Waals surface area contributed by atoms with Gasteiger partial charge in [-0.15, -0.1) is 0 Å². The summed E-state index contributed by atoms with van der Waals surface area (Å²) in [6.07, 6.45) is 1.02. The van der Waals surface area contributed by atoms with Gasteiger partial charge in [-0.3, -0.25) is 4.90 Å². The second-order valence-corrected chi connectivity index (χ2v) is 4.81. The minimum absolute atomic E-state index is 0.0590. The highest BCUT2D eigenvalue weighted by Crippen LogP contribution is 2.37. The molecular formula is C12H16ClFN2. The first kappa shape index (κ1) is 11.8. The zero-order valence-corrected chi connectivity index (χ0v) is 10.0. The van der Waals surface area contributed by atoms with Crippen LogP contribution < -0.4 is 5.73 Å². The Balaban J connectivity index is 2.37. The van der Waals surface area contributed by atoms with Gasteiger partial charge in [0, 0.05) is 16.6 Å². The molecule has 1 aromatic rings. The summed E-state index contributed by atoms with van der Waals surface area (Å²) in [5.74, 6) is 0.125. The van der Waals surface area contributed by atoms with Gasteiger partial charge in [-0.25, -0.2) is 4.39 Å². The summed E-state index contributed by atoms with van der Waals surface area (Å²) in [5, 5.41) is 0.576. The monoisotopic (exact) mass is 242 g/mol. The van der Waals surface area contributed by atoms with Crippen LogP contribution in [0.3, 0.4) is 0 Å². The number of nitrogens with two attached hydrogens (primary N) is 1. The molecule has 0 aromatic heterocycles. The topological polar surface area (TPSA) is 29.3 Å². The average molecular weight is 243 g/mol. The highest BCUT2D eigenvalue weighted by Gasteiger charge is 2.33. The molecule has 0 saturated carbocycles. The highest BCUT2D eigenvalue weighted by atomic mass is 35.5. The average Bonchev–Trinajstić information content (AvgIpc) is 2.63. The number of nitrogens with zero attached hydrogens (tertiary/aromatic N) is 1. The molecule has 2 unspecified atom stereocenters. The van der Waals surface area contributed by atoms with Gasteiger partial charge in [-0.05, 0) is 50.7 Å². The van der Waals surface area contributed by atoms with Crippen molar-refractivity contribution in [3.8, 4) is 0 Å². The second-order valence-electron chi connectivity index (χ2n) is 4.38. The van der Waals surface area contributed by atoms with Crippen LogP contribution in [-0.4, -0.2) is 25.0 Å². The normalized spacial score (nSPS) is 26.2. The van der Waals surface area contributed by atoms with Crippen molar-refractivity contribution < 1.29 is 4.39 Å². The molecule has 88 valence electrons. The van der Waals surface area contributed by atoms with E-state index >= 15 is 0 Å². The van der Waals surface area contributed by atoms with Crippen LogP contribution in [0.5, 0.6) is 0 Å². The van der Waals surface area contributed by atoms with Gasteiger partial charge < -0.3 is 5.73 Å². The van der Waals surface area contributed by atoms with E-state index in [1.54, 1.807) is 12.1 Å². The van der Waals surface area contributed by atoms with Crippen LogP contribution in [0, 0.1) is 11.7 Å². The van der Waals surface area contributed by atoms with E-state index in [2.05, 4.69) is 4.90 Å². The first-order valence-electron chi connectivity index (χ1n) is 5.48. The molecule has 1 heterocycles. The quantitative estimate of drug-likeness (QED) is 0.863. The van der Waals surface area contributed by atoms with Gasteiger partial charge in [0.15, 0.2) is 0 Å². The van der Waals surface area contributed by atoms with Crippen LogP contribution in [0.4, 0.5) is 4.39 Å². The molecule has 1 aliphatic rings. The fraction of sp³-hybridized carbons (Fsp3) is 0.500. The standard InChI is InChI=1S/C12H16ClFN2/c1-16-5-4-8(7-15)12(16)10-6-9(13)2-3-11(10)14/h2-3,6,8,12H,4-5,7,15H2,1H3. The summed E-state index contributed by atoms with van der Waals surface area (Å²) in [7, 11) is 2.00. The molecule has 2 rings (SSSR count). The molecule has 1 aromatic carbocycles. The Bertz CT molecular complexity index is 383. The van der Waals surface area contributed by atoms with Crippen LogP contribution in [0.25, 0.3) is 0 Å². The molecule has 0 spiro atoms. The van der Waals surface area contributed by atoms with Gasteiger partial charge in [0.1, 0.15) is 5.82 Å². The lowest BCUT2D eigenvalue weighted by Crippen LogP contribution is -2.26. The van der Waals surface area contributed by atoms with E-state index in [4.69, 9.17) is 17.3 Å². The molecule has 0 radical (unpaired) electrons. The van der Waals surface area contributed by atoms with Crippen molar-refractivity contribution in [2.75, 3.05) is 20.1 Å². The van der Waals surface area contributed by atoms with Crippen LogP contribution >= 0.6 is 11.6 Å². The maximum absolute atomic E-state index is 13.8. The number of likely N-dealkylation sites (tertiary alicyclic amines) is 1. The predicted octanol–water partition coefficient (Wildman–Crippen LogP) is 2.43. The van der Waals surface area contributed by atoms with Crippen LogP contribution in [0.1, 0.15) is 18.0 Å². The molecule has 16 heavy (non-hydrogen) atoms. The molecular weight excluding hydrogens is 227 g/mol. The summed E-state index contributed by atoms with van der Waals surface area (Å²) >= 11 is 5.92. The Labute approximate surface area is 100 Å². The van der Waals surface area contributed by atoms with Crippen molar-refractivity contribution in [2.45, 2.75) is 12.5 Å². The third-order valence-corrected chi connectivity index (χ3v) is 3.59. The summed E-state index contributed by atoms with van der Waals surface area (Å²) in [4.78, 5) is 2.15. The van der Waals surface area contributed by atoms with Gasteiger partial charge in [0.2, 0.25) is 0 Å². The minimum Gasteiger partial charge on any atom is -0.330 e. The smallest absolute Gasteiger partial charge is 0.128 e. The molecule has 0 bridgehead atoms. The molecule has 1 saturated heterocycles. The van der Waals surface area contributed by atoms with Gasteiger partial charge in [0.25, 0.3) is 0 Å². The largest absolute Gasteiger partial charge is 0.330 e. The van der Waals surface area contributed by atoms with Gasteiger partial charge in [-0.2, -0.15) is 0 Å². The Morgan fingerprint density at radius 1 is 1.56 bits per heavy atom. The number of hydrogen-bond acceptors (Lipinski definition) is 2. The van der Waals surface area contributed by atoms with E-state index in [1.807, 2.05) is 7.05 Å². The van der Waals surface area contributed by atoms with E-state index in [1.165, 1.54) is 6.07 Å². The number of hydrogen-bond donors (Lipinski definition) is 1. The van der Waals surface area contributed by atoms with E-state index in [0.717, 1.165) is 13.0 Å². The molecule has 2 nitrogen and oxygen atoms in total. The van der Waals surface area contributed by atoms with Crippen LogP contribution in [0.15, 0.2) is 18.2 Å². The lowest BCUT2D eigenvalue weighted by Gasteiger charge is -2.25. The molecule has 1 aliphatic heterocycles. The zero-order chi connectivity index (χ0) is 11.7. The number of rotatable bonds is 2. The van der Waals surface area contributed by atoms with E-state index in [0.29, 0.717) is 23.0 Å². The fourth-order valence-electron chi connectivity index (χ4n) is 2.51. The molecule has 0 amide bonds. The Hall–Kier alpha value is -0.640. The lowest BCUT2D eigenvalue weighted by molar-refractivity contribution is 0.272. The fourth-order valence-corrected chi connectivity index (χ4v) is 2.69. The molecule has 0 aliphatic carbocycles. The maximum Gasteiger partial charge on any atom is 0.128 e. The van der Waals surface area contributed by atoms with Crippen molar-refractivity contribution in [1.29, 1.82) is 0 Å². The van der Waals surface area contributed by atoms with E-state index in [-0.39, 0.29) is 11.9 Å². The third kappa shape index (κ3) is 2.08. The molecule has 2 atom stereocenters. The summed E-state index contributed by atoms with van der Waals surface area (Å²) in [5.41, 5.74) is 6.40. The van der Waals surface area contributed by atoms with Crippen LogP contribution in [-0.2, 0) is 0 Å². The van der Waals surface area contributed by atoms with E-state index < -0.39 is 0 Å². The molecule has 2 N–H and O–H groups in total.